The molecule has 0 fully saturated rings. The van der Waals surface area contributed by atoms with Gasteiger partial charge >= 0.3 is 0 Å². The first-order chi connectivity index (χ1) is 18.3. The van der Waals surface area contributed by atoms with E-state index in [2.05, 4.69) is 47.4 Å². The number of hydrogen-bond donors (Lipinski definition) is 0. The summed E-state index contributed by atoms with van der Waals surface area (Å²) in [6.07, 6.45) is 0. The van der Waals surface area contributed by atoms with Gasteiger partial charge in [0, 0.05) is 0 Å². The SMILES string of the molecule is O=S1(=O)CC#CCOc2ccccc2OCC#CCS(=O)(=O)CC#CCOc2ccccc2OCC#CC1. The Morgan fingerprint density at radius 2 is 0.658 bits per heavy atom. The topological polar surface area (TPSA) is 105 Å². The van der Waals surface area contributed by atoms with Crippen molar-refractivity contribution in [1.29, 1.82) is 0 Å². The van der Waals surface area contributed by atoms with Crippen LogP contribution in [0.25, 0.3) is 0 Å². The highest BCUT2D eigenvalue weighted by Gasteiger charge is 2.08. The molecule has 2 aromatic rings. The molecule has 3 rings (SSSR count). The predicted molar refractivity (Wildman–Crippen MR) is 143 cm³/mol. The Kier molecular flexibility index (Phi) is 10.8. The molecule has 196 valence electrons. The quantitative estimate of drug-likeness (QED) is 0.456. The number of sulfone groups is 2. The van der Waals surface area contributed by atoms with Gasteiger partial charge < -0.3 is 18.9 Å². The molecule has 0 bridgehead atoms. The van der Waals surface area contributed by atoms with E-state index in [0.717, 1.165) is 0 Å². The van der Waals surface area contributed by atoms with Crippen molar-refractivity contribution in [3.63, 3.8) is 0 Å². The zero-order chi connectivity index (χ0) is 27.1. The van der Waals surface area contributed by atoms with Crippen LogP contribution in [0.1, 0.15) is 0 Å². The molecule has 1 aliphatic rings. The van der Waals surface area contributed by atoms with E-state index >= 15 is 0 Å². The van der Waals surface area contributed by atoms with Crippen LogP contribution in [0, 0.1) is 47.4 Å². The van der Waals surface area contributed by atoms with Crippen molar-refractivity contribution in [2.45, 2.75) is 0 Å². The van der Waals surface area contributed by atoms with Gasteiger partial charge in [-0.15, -0.1) is 0 Å². The molecule has 0 N–H and O–H groups in total. The molecule has 0 radical (unpaired) electrons. The zero-order valence-electron chi connectivity index (χ0n) is 20.4. The van der Waals surface area contributed by atoms with Crippen LogP contribution in [0.3, 0.4) is 0 Å². The van der Waals surface area contributed by atoms with Crippen LogP contribution in [0.5, 0.6) is 23.0 Å². The van der Waals surface area contributed by atoms with E-state index in [1.165, 1.54) is 0 Å². The van der Waals surface area contributed by atoms with Gasteiger partial charge in [-0.05, 0) is 24.3 Å². The average molecular weight is 553 g/mol. The molecule has 0 saturated heterocycles. The maximum absolute atomic E-state index is 12.2. The van der Waals surface area contributed by atoms with E-state index in [-0.39, 0.29) is 49.4 Å². The van der Waals surface area contributed by atoms with Crippen molar-refractivity contribution >= 4 is 19.7 Å². The van der Waals surface area contributed by atoms with Crippen molar-refractivity contribution < 1.29 is 35.8 Å². The molecule has 0 aromatic heterocycles. The summed E-state index contributed by atoms with van der Waals surface area (Å²) in [4.78, 5) is 0. The number of para-hydroxylation sites is 4. The fraction of sp³-hybridized carbons (Fsp3) is 0.286. The predicted octanol–water partition coefficient (Wildman–Crippen LogP) is 1.76. The molecule has 1 heterocycles. The highest BCUT2D eigenvalue weighted by Crippen LogP contribution is 2.26. The molecular formula is C28H24O8S2. The van der Waals surface area contributed by atoms with Gasteiger partial charge in [-0.25, -0.2) is 16.8 Å². The molecule has 0 atom stereocenters. The average Bonchev–Trinajstić information content (AvgIpc) is 2.88. The molecule has 0 unspecified atom stereocenters. The maximum Gasteiger partial charge on any atom is 0.172 e. The lowest BCUT2D eigenvalue weighted by atomic mass is 10.3. The third-order valence-electron chi connectivity index (χ3n) is 4.57. The van der Waals surface area contributed by atoms with E-state index in [1.807, 2.05) is 0 Å². The number of benzene rings is 2. The summed E-state index contributed by atoms with van der Waals surface area (Å²) in [5.74, 6) is 21.1. The minimum Gasteiger partial charge on any atom is -0.477 e. The Hall–Kier alpha value is -4.22. The van der Waals surface area contributed by atoms with E-state index < -0.39 is 19.7 Å². The molecule has 8 nitrogen and oxygen atoms in total. The molecular weight excluding hydrogens is 528 g/mol. The van der Waals surface area contributed by atoms with Crippen molar-refractivity contribution in [3.8, 4) is 70.4 Å². The molecule has 0 amide bonds. The van der Waals surface area contributed by atoms with Crippen molar-refractivity contribution in [1.82, 2.24) is 0 Å². The fourth-order valence-electron chi connectivity index (χ4n) is 2.78. The highest BCUT2D eigenvalue weighted by molar-refractivity contribution is 7.92. The number of fused-ring (bicyclic) bond motifs is 2. The lowest BCUT2D eigenvalue weighted by molar-refractivity contribution is 0.314. The fourth-order valence-corrected chi connectivity index (χ4v) is 4.27. The molecule has 0 spiro atoms. The standard InChI is InChI=1S/C28H24O8S2/c29-37(30)21-9-5-17-33-25-13-1-2-14-26(25)34-18-6-10-22-38(31,32)24-12-8-20-36-28-16-4-3-15-27(28)35-19-7-11-23-37/h1-4,13-16H,17-24H2. The summed E-state index contributed by atoms with van der Waals surface area (Å²) >= 11 is 0. The van der Waals surface area contributed by atoms with Crippen LogP contribution < -0.4 is 18.9 Å². The maximum atomic E-state index is 12.2. The molecule has 1 aliphatic heterocycles. The molecule has 0 saturated carbocycles. The van der Waals surface area contributed by atoms with Gasteiger partial charge in [0.05, 0.1) is 0 Å². The summed E-state index contributed by atoms with van der Waals surface area (Å²) in [7, 11) is -7.01. The van der Waals surface area contributed by atoms with Gasteiger partial charge in [-0.1, -0.05) is 71.6 Å². The second-order valence-corrected chi connectivity index (χ2v) is 11.7. The second kappa shape index (κ2) is 14.5. The summed E-state index contributed by atoms with van der Waals surface area (Å²) in [5, 5.41) is 0. The minimum absolute atomic E-state index is 0.0537. The van der Waals surface area contributed by atoms with Crippen molar-refractivity contribution in [2.75, 3.05) is 49.4 Å². The molecule has 10 heteroatoms. The lowest BCUT2D eigenvalue weighted by Gasteiger charge is -2.09. The molecule has 38 heavy (non-hydrogen) atoms. The zero-order valence-corrected chi connectivity index (χ0v) is 22.0. The number of hydrogen-bond acceptors (Lipinski definition) is 8. The van der Waals surface area contributed by atoms with Crippen LogP contribution in [0.2, 0.25) is 0 Å². The normalized spacial score (nSPS) is 17.3. The first-order valence-electron chi connectivity index (χ1n) is 11.3. The highest BCUT2D eigenvalue weighted by atomic mass is 32.2. The van der Waals surface area contributed by atoms with Crippen LogP contribution in [0.4, 0.5) is 0 Å². The van der Waals surface area contributed by atoms with Crippen LogP contribution >= 0.6 is 0 Å². The summed E-state index contributed by atoms with van der Waals surface area (Å²) in [6.45, 7) is -0.215. The second-order valence-electron chi connectivity index (χ2n) is 7.53. The van der Waals surface area contributed by atoms with Crippen LogP contribution in [-0.2, 0) is 19.7 Å². The Morgan fingerprint density at radius 3 is 0.895 bits per heavy atom. The largest absolute Gasteiger partial charge is 0.477 e. The van der Waals surface area contributed by atoms with E-state index in [1.54, 1.807) is 48.5 Å². The third-order valence-corrected chi connectivity index (χ3v) is 6.90. The Bertz CT molecular complexity index is 1350. The Labute approximate surface area is 223 Å². The minimum atomic E-state index is -3.50. The van der Waals surface area contributed by atoms with Gasteiger partial charge in [0.25, 0.3) is 0 Å². The molecule has 2 aromatic carbocycles. The van der Waals surface area contributed by atoms with Gasteiger partial charge in [0.1, 0.15) is 49.4 Å². The molecule has 0 aliphatic carbocycles. The number of ether oxygens (including phenoxy) is 4. The van der Waals surface area contributed by atoms with Gasteiger partial charge in [-0.2, -0.15) is 0 Å². The van der Waals surface area contributed by atoms with Gasteiger partial charge in [0.15, 0.2) is 42.7 Å². The van der Waals surface area contributed by atoms with Gasteiger partial charge in [-0.3, -0.25) is 0 Å². The Balaban J connectivity index is 1.72. The number of rotatable bonds is 0. The first-order valence-corrected chi connectivity index (χ1v) is 14.9. The lowest BCUT2D eigenvalue weighted by Crippen LogP contribution is -2.09. The smallest absolute Gasteiger partial charge is 0.172 e. The summed E-state index contributed by atoms with van der Waals surface area (Å²) in [5.41, 5.74) is 0. The van der Waals surface area contributed by atoms with Crippen LogP contribution in [-0.4, -0.2) is 66.3 Å². The third kappa shape index (κ3) is 10.4. The first kappa shape index (κ1) is 28.4. The van der Waals surface area contributed by atoms with E-state index in [0.29, 0.717) is 23.0 Å². The van der Waals surface area contributed by atoms with Gasteiger partial charge in [0.2, 0.25) is 0 Å². The van der Waals surface area contributed by atoms with E-state index in [9.17, 15) is 16.8 Å². The van der Waals surface area contributed by atoms with Crippen molar-refractivity contribution in [2.24, 2.45) is 0 Å². The van der Waals surface area contributed by atoms with Crippen molar-refractivity contribution in [3.05, 3.63) is 48.5 Å². The monoisotopic (exact) mass is 552 g/mol. The summed E-state index contributed by atoms with van der Waals surface area (Å²) in [6, 6.07) is 13.6. The van der Waals surface area contributed by atoms with E-state index in [4.69, 9.17) is 18.9 Å². The summed E-state index contributed by atoms with van der Waals surface area (Å²) < 4.78 is 71.0. The Morgan fingerprint density at radius 1 is 0.421 bits per heavy atom. The van der Waals surface area contributed by atoms with Crippen LogP contribution in [0.15, 0.2) is 48.5 Å².